The Morgan fingerprint density at radius 1 is 1.23 bits per heavy atom. The first kappa shape index (κ1) is 14.3. The Labute approximate surface area is 126 Å². The fourth-order valence-electron chi connectivity index (χ4n) is 2.22. The van der Waals surface area contributed by atoms with E-state index in [9.17, 15) is 18.0 Å². The third-order valence-corrected chi connectivity index (χ3v) is 4.68. The van der Waals surface area contributed by atoms with Crippen molar-refractivity contribution in [3.8, 4) is 11.4 Å². The van der Waals surface area contributed by atoms with E-state index in [1.165, 1.54) is 12.1 Å². The SMILES string of the molecule is O=C(N[C@@H]1C=CS(=O)(=O)C1)c1ccc(-c2ccc[nH]2)[nH]c1=O. The Kier molecular flexibility index (Phi) is 3.45. The van der Waals surface area contributed by atoms with Gasteiger partial charge in [0.15, 0.2) is 9.84 Å². The lowest BCUT2D eigenvalue weighted by Gasteiger charge is -2.09. The summed E-state index contributed by atoms with van der Waals surface area (Å²) in [4.78, 5) is 29.6. The summed E-state index contributed by atoms with van der Waals surface area (Å²) in [5, 5.41) is 3.58. The van der Waals surface area contributed by atoms with E-state index in [0.717, 1.165) is 11.1 Å². The number of amides is 1. The van der Waals surface area contributed by atoms with Gasteiger partial charge in [-0.25, -0.2) is 8.42 Å². The molecule has 0 spiro atoms. The molecule has 1 atom stereocenters. The molecule has 1 aliphatic heterocycles. The molecule has 2 aromatic heterocycles. The molecule has 0 fully saturated rings. The number of pyridine rings is 1. The molecule has 0 unspecified atom stereocenters. The van der Waals surface area contributed by atoms with Gasteiger partial charge in [-0.15, -0.1) is 0 Å². The van der Waals surface area contributed by atoms with Gasteiger partial charge in [0.1, 0.15) is 5.56 Å². The lowest BCUT2D eigenvalue weighted by atomic mass is 10.2. The highest BCUT2D eigenvalue weighted by molar-refractivity contribution is 7.94. The molecule has 22 heavy (non-hydrogen) atoms. The molecule has 1 aliphatic rings. The highest BCUT2D eigenvalue weighted by atomic mass is 32.2. The van der Waals surface area contributed by atoms with Gasteiger partial charge in [0.25, 0.3) is 11.5 Å². The van der Waals surface area contributed by atoms with E-state index in [1.54, 1.807) is 24.4 Å². The fourth-order valence-corrected chi connectivity index (χ4v) is 3.45. The lowest BCUT2D eigenvalue weighted by Crippen LogP contribution is -2.38. The maximum atomic E-state index is 12.1. The van der Waals surface area contributed by atoms with E-state index in [-0.39, 0.29) is 11.3 Å². The Hall–Kier alpha value is -2.61. The minimum absolute atomic E-state index is 0.0620. The molecular weight excluding hydrogens is 306 g/mol. The van der Waals surface area contributed by atoms with Gasteiger partial charge in [-0.2, -0.15) is 0 Å². The average Bonchev–Trinajstić information content (AvgIpc) is 3.08. The molecule has 8 heteroatoms. The molecule has 3 N–H and O–H groups in total. The van der Waals surface area contributed by atoms with Crippen LogP contribution in [0.4, 0.5) is 0 Å². The van der Waals surface area contributed by atoms with E-state index < -0.39 is 27.3 Å². The Morgan fingerprint density at radius 2 is 2.05 bits per heavy atom. The highest BCUT2D eigenvalue weighted by Crippen LogP contribution is 2.13. The summed E-state index contributed by atoms with van der Waals surface area (Å²) in [6.07, 6.45) is 3.12. The number of carbonyl (C=O) groups is 1. The van der Waals surface area contributed by atoms with Crippen LogP contribution >= 0.6 is 0 Å². The van der Waals surface area contributed by atoms with Gasteiger partial charge < -0.3 is 15.3 Å². The van der Waals surface area contributed by atoms with E-state index in [1.807, 2.05) is 0 Å². The molecule has 3 rings (SSSR count). The first-order chi connectivity index (χ1) is 10.4. The predicted molar refractivity (Wildman–Crippen MR) is 81.0 cm³/mol. The molecule has 2 aromatic rings. The quantitative estimate of drug-likeness (QED) is 0.760. The minimum Gasteiger partial charge on any atom is -0.360 e. The van der Waals surface area contributed by atoms with E-state index in [4.69, 9.17) is 0 Å². The van der Waals surface area contributed by atoms with Crippen molar-refractivity contribution in [3.63, 3.8) is 0 Å². The first-order valence-electron chi connectivity index (χ1n) is 6.53. The van der Waals surface area contributed by atoms with Crippen molar-refractivity contribution in [1.29, 1.82) is 0 Å². The molecule has 0 bridgehead atoms. The van der Waals surface area contributed by atoms with Crippen molar-refractivity contribution in [2.24, 2.45) is 0 Å². The summed E-state index contributed by atoms with van der Waals surface area (Å²) < 4.78 is 22.6. The molecule has 7 nitrogen and oxygen atoms in total. The molecule has 0 saturated carbocycles. The summed E-state index contributed by atoms with van der Waals surface area (Å²) in [6, 6.07) is 6.00. The standard InChI is InChI=1S/C14H13N3O4S/c18-13(16-9-5-7-22(20,21)8-9)10-3-4-12(17-14(10)19)11-2-1-6-15-11/h1-7,9,15H,8H2,(H,16,18)(H,17,19)/t9-/m1/s1. The maximum absolute atomic E-state index is 12.1. The number of aromatic amines is 2. The third-order valence-electron chi connectivity index (χ3n) is 3.29. The van der Waals surface area contributed by atoms with Gasteiger partial charge in [-0.3, -0.25) is 9.59 Å². The number of hydrogen-bond donors (Lipinski definition) is 3. The van der Waals surface area contributed by atoms with Gasteiger partial charge in [-0.1, -0.05) is 0 Å². The predicted octanol–water partition coefficient (Wildman–Crippen LogP) is 0.411. The van der Waals surface area contributed by atoms with Crippen LogP contribution in [0.5, 0.6) is 0 Å². The maximum Gasteiger partial charge on any atom is 0.261 e. The summed E-state index contributed by atoms with van der Waals surface area (Å²) in [5.74, 6) is -0.789. The van der Waals surface area contributed by atoms with Crippen LogP contribution in [-0.4, -0.2) is 36.1 Å². The van der Waals surface area contributed by atoms with Crippen LogP contribution in [0.1, 0.15) is 10.4 Å². The summed E-state index contributed by atoms with van der Waals surface area (Å²) >= 11 is 0. The van der Waals surface area contributed by atoms with Gasteiger partial charge >= 0.3 is 0 Å². The number of rotatable bonds is 3. The Bertz CT molecular complexity index is 894. The van der Waals surface area contributed by atoms with E-state index in [2.05, 4.69) is 15.3 Å². The molecule has 0 aromatic carbocycles. The van der Waals surface area contributed by atoms with Gasteiger partial charge in [0.2, 0.25) is 0 Å². The molecule has 0 saturated heterocycles. The Balaban J connectivity index is 1.79. The molecular formula is C14H13N3O4S. The van der Waals surface area contributed by atoms with Crippen LogP contribution in [-0.2, 0) is 9.84 Å². The fraction of sp³-hybridized carbons (Fsp3) is 0.143. The van der Waals surface area contributed by atoms with Crippen molar-refractivity contribution in [2.75, 3.05) is 5.75 Å². The van der Waals surface area contributed by atoms with Crippen LogP contribution < -0.4 is 10.9 Å². The zero-order valence-corrected chi connectivity index (χ0v) is 12.2. The number of aromatic nitrogens is 2. The molecule has 1 amide bonds. The van der Waals surface area contributed by atoms with Gasteiger partial charge in [-0.05, 0) is 30.3 Å². The number of nitrogens with one attached hydrogen (secondary N) is 3. The summed E-state index contributed by atoms with van der Waals surface area (Å²) in [5.41, 5.74) is 0.700. The van der Waals surface area contributed by atoms with E-state index in [0.29, 0.717) is 5.69 Å². The molecule has 0 aliphatic carbocycles. The van der Waals surface area contributed by atoms with Crippen LogP contribution in [0, 0.1) is 0 Å². The van der Waals surface area contributed by atoms with Gasteiger partial charge in [0.05, 0.1) is 23.2 Å². The van der Waals surface area contributed by atoms with Crippen molar-refractivity contribution >= 4 is 15.7 Å². The number of carbonyl (C=O) groups excluding carboxylic acids is 1. The number of hydrogen-bond acceptors (Lipinski definition) is 4. The minimum atomic E-state index is -3.26. The van der Waals surface area contributed by atoms with Crippen LogP contribution in [0.15, 0.2) is 46.7 Å². The topological polar surface area (TPSA) is 112 Å². The largest absolute Gasteiger partial charge is 0.360 e. The van der Waals surface area contributed by atoms with E-state index >= 15 is 0 Å². The normalized spacial score (nSPS) is 19.2. The van der Waals surface area contributed by atoms with Crippen molar-refractivity contribution in [1.82, 2.24) is 15.3 Å². The molecule has 114 valence electrons. The smallest absolute Gasteiger partial charge is 0.261 e. The second kappa shape index (κ2) is 5.30. The molecule has 0 radical (unpaired) electrons. The van der Waals surface area contributed by atoms with Gasteiger partial charge in [0, 0.05) is 11.6 Å². The molecule has 3 heterocycles. The highest BCUT2D eigenvalue weighted by Gasteiger charge is 2.24. The van der Waals surface area contributed by atoms with Crippen molar-refractivity contribution < 1.29 is 13.2 Å². The second-order valence-electron chi connectivity index (χ2n) is 4.94. The van der Waals surface area contributed by atoms with Crippen molar-refractivity contribution in [3.05, 3.63) is 57.9 Å². The first-order valence-corrected chi connectivity index (χ1v) is 8.25. The average molecular weight is 319 g/mol. The summed E-state index contributed by atoms with van der Waals surface area (Å²) in [6.45, 7) is 0. The zero-order valence-electron chi connectivity index (χ0n) is 11.4. The Morgan fingerprint density at radius 3 is 2.64 bits per heavy atom. The van der Waals surface area contributed by atoms with Crippen LogP contribution in [0.3, 0.4) is 0 Å². The zero-order chi connectivity index (χ0) is 15.7. The summed E-state index contributed by atoms with van der Waals surface area (Å²) in [7, 11) is -3.26. The number of H-pyrrole nitrogens is 2. The van der Waals surface area contributed by atoms with Crippen LogP contribution in [0.2, 0.25) is 0 Å². The van der Waals surface area contributed by atoms with Crippen molar-refractivity contribution in [2.45, 2.75) is 6.04 Å². The second-order valence-corrected chi connectivity index (χ2v) is 6.87. The lowest BCUT2D eigenvalue weighted by molar-refractivity contribution is 0.0946. The van der Waals surface area contributed by atoms with Crippen LogP contribution in [0.25, 0.3) is 11.4 Å². The third kappa shape index (κ3) is 2.86. The number of sulfone groups is 1. The monoisotopic (exact) mass is 319 g/mol.